The Hall–Kier alpha value is -3.40. The zero-order chi connectivity index (χ0) is 19.2. The fourth-order valence-corrected chi connectivity index (χ4v) is 2.65. The van der Waals surface area contributed by atoms with Gasteiger partial charge >= 0.3 is 0 Å². The second-order valence-electron chi connectivity index (χ2n) is 6.60. The lowest BCUT2D eigenvalue weighted by Gasteiger charge is -2.10. The third-order valence-corrected chi connectivity index (χ3v) is 4.08. The maximum Gasteiger partial charge on any atom is 0.115 e. The van der Waals surface area contributed by atoms with Crippen LogP contribution in [0.4, 0.5) is 5.69 Å². The molecular weight excluding hydrogens is 334 g/mol. The van der Waals surface area contributed by atoms with E-state index in [0.29, 0.717) is 0 Å². The van der Waals surface area contributed by atoms with E-state index in [1.54, 1.807) is 17.1 Å². The fraction of sp³-hybridized carbons (Fsp3) is 0.130. The van der Waals surface area contributed by atoms with Crippen molar-refractivity contribution >= 4 is 17.3 Å². The smallest absolute Gasteiger partial charge is 0.115 e. The summed E-state index contributed by atoms with van der Waals surface area (Å²) in [6.07, 6.45) is 2.14. The van der Waals surface area contributed by atoms with Crippen LogP contribution in [0.5, 0.6) is 5.75 Å². The molecule has 0 saturated carbocycles. The average molecular weight is 357 g/mol. The minimum absolute atomic E-state index is 0.262. The number of nitrogens with zero attached hydrogens (tertiary/aromatic N) is 3. The molecule has 4 heteroatoms. The van der Waals surface area contributed by atoms with Crippen molar-refractivity contribution < 1.29 is 5.11 Å². The van der Waals surface area contributed by atoms with Crippen LogP contribution >= 0.6 is 0 Å². The summed E-state index contributed by atoms with van der Waals surface area (Å²) in [5.74, 6) is 0.262. The standard InChI is InChI=1S/C23H23N3O/c1-17-4-8-19(9-5-17)23(20-10-14-22(27)15-11-20)16-18-6-12-21(13-7-18)24-25-26(2)3/h4-16,27H,1-3H3/b23-16+,25-24?. The number of hydrogen-bond donors (Lipinski definition) is 1. The van der Waals surface area contributed by atoms with E-state index < -0.39 is 0 Å². The SMILES string of the molecule is Cc1ccc(/C(=C\c2ccc(N=NN(C)C)cc2)c2ccc(O)cc2)cc1. The molecule has 0 heterocycles. The first kappa shape index (κ1) is 18.4. The first-order valence-electron chi connectivity index (χ1n) is 8.78. The first-order chi connectivity index (χ1) is 13.0. The van der Waals surface area contributed by atoms with Crippen molar-refractivity contribution in [2.24, 2.45) is 10.3 Å². The number of benzene rings is 3. The van der Waals surface area contributed by atoms with Gasteiger partial charge in [0, 0.05) is 14.1 Å². The summed E-state index contributed by atoms with van der Waals surface area (Å²) in [5.41, 5.74) is 6.37. The van der Waals surface area contributed by atoms with Gasteiger partial charge in [-0.15, -0.1) is 5.11 Å². The Labute approximate surface area is 160 Å². The van der Waals surface area contributed by atoms with Crippen LogP contribution in [0, 0.1) is 6.92 Å². The molecule has 0 aromatic heterocycles. The van der Waals surface area contributed by atoms with Crippen molar-refractivity contribution in [1.29, 1.82) is 0 Å². The highest BCUT2D eigenvalue weighted by Crippen LogP contribution is 2.28. The molecule has 0 atom stereocenters. The minimum Gasteiger partial charge on any atom is -0.508 e. The Morgan fingerprint density at radius 2 is 1.37 bits per heavy atom. The van der Waals surface area contributed by atoms with Gasteiger partial charge in [-0.1, -0.05) is 59.3 Å². The fourth-order valence-electron chi connectivity index (χ4n) is 2.65. The molecule has 3 aromatic rings. The molecule has 0 aliphatic heterocycles. The Bertz CT molecular complexity index is 891. The lowest BCUT2D eigenvalue weighted by molar-refractivity contribution is 0.408. The van der Waals surface area contributed by atoms with Crippen molar-refractivity contribution in [3.05, 3.63) is 95.1 Å². The second kappa shape index (κ2) is 8.32. The Morgan fingerprint density at radius 1 is 0.815 bits per heavy atom. The third-order valence-electron chi connectivity index (χ3n) is 4.08. The molecule has 0 spiro atoms. The number of rotatable bonds is 5. The lowest BCUT2D eigenvalue weighted by Crippen LogP contribution is -1.98. The summed E-state index contributed by atoms with van der Waals surface area (Å²) in [4.78, 5) is 0. The summed E-state index contributed by atoms with van der Waals surface area (Å²) in [5, 5.41) is 19.5. The van der Waals surface area contributed by atoms with Crippen LogP contribution in [0.3, 0.4) is 0 Å². The number of hydrogen-bond acceptors (Lipinski definition) is 3. The summed E-state index contributed by atoms with van der Waals surface area (Å²) in [7, 11) is 3.68. The molecular formula is C23H23N3O. The van der Waals surface area contributed by atoms with Crippen LogP contribution in [-0.2, 0) is 0 Å². The van der Waals surface area contributed by atoms with Crippen molar-refractivity contribution in [2.75, 3.05) is 14.1 Å². The molecule has 0 aliphatic carbocycles. The normalized spacial score (nSPS) is 11.7. The van der Waals surface area contributed by atoms with Gasteiger partial charge < -0.3 is 5.11 Å². The van der Waals surface area contributed by atoms with E-state index in [1.807, 2.05) is 50.5 Å². The quantitative estimate of drug-likeness (QED) is 0.354. The monoisotopic (exact) mass is 357 g/mol. The van der Waals surface area contributed by atoms with Crippen LogP contribution in [0.2, 0.25) is 0 Å². The van der Waals surface area contributed by atoms with Crippen molar-refractivity contribution in [3.8, 4) is 5.75 Å². The second-order valence-corrected chi connectivity index (χ2v) is 6.60. The van der Waals surface area contributed by atoms with E-state index in [9.17, 15) is 5.11 Å². The lowest BCUT2D eigenvalue weighted by atomic mass is 9.95. The molecule has 0 bridgehead atoms. The highest BCUT2D eigenvalue weighted by atomic mass is 16.3. The van der Waals surface area contributed by atoms with E-state index in [2.05, 4.69) is 47.6 Å². The van der Waals surface area contributed by atoms with Crippen LogP contribution < -0.4 is 0 Å². The highest BCUT2D eigenvalue weighted by Gasteiger charge is 2.06. The molecule has 0 radical (unpaired) electrons. The van der Waals surface area contributed by atoms with Gasteiger partial charge in [-0.05, 0) is 59.5 Å². The average Bonchev–Trinajstić information content (AvgIpc) is 2.67. The zero-order valence-corrected chi connectivity index (χ0v) is 15.8. The number of phenols is 1. The Balaban J connectivity index is 1.99. The van der Waals surface area contributed by atoms with E-state index in [-0.39, 0.29) is 5.75 Å². The van der Waals surface area contributed by atoms with Crippen LogP contribution in [0.15, 0.2) is 83.1 Å². The molecule has 0 aliphatic rings. The van der Waals surface area contributed by atoms with Crippen molar-refractivity contribution in [2.45, 2.75) is 6.92 Å². The molecule has 4 nitrogen and oxygen atoms in total. The van der Waals surface area contributed by atoms with E-state index >= 15 is 0 Å². The topological polar surface area (TPSA) is 48.2 Å². The van der Waals surface area contributed by atoms with Gasteiger partial charge in [0.2, 0.25) is 0 Å². The minimum atomic E-state index is 0.262. The number of aromatic hydroxyl groups is 1. The molecule has 0 fully saturated rings. The van der Waals surface area contributed by atoms with Crippen LogP contribution in [-0.4, -0.2) is 24.2 Å². The van der Waals surface area contributed by atoms with Gasteiger partial charge in [0.15, 0.2) is 0 Å². The van der Waals surface area contributed by atoms with Crippen LogP contribution in [0.25, 0.3) is 11.6 Å². The van der Waals surface area contributed by atoms with Gasteiger partial charge in [0.05, 0.1) is 5.69 Å². The van der Waals surface area contributed by atoms with Crippen LogP contribution in [0.1, 0.15) is 22.3 Å². The molecule has 3 rings (SSSR count). The van der Waals surface area contributed by atoms with Gasteiger partial charge in [0.25, 0.3) is 0 Å². The number of phenolic OH excluding ortho intramolecular Hbond substituents is 1. The molecule has 0 saturated heterocycles. The molecule has 0 amide bonds. The zero-order valence-electron chi connectivity index (χ0n) is 15.8. The van der Waals surface area contributed by atoms with E-state index in [1.165, 1.54) is 5.56 Å². The Kier molecular flexibility index (Phi) is 5.67. The van der Waals surface area contributed by atoms with Gasteiger partial charge in [-0.3, -0.25) is 5.01 Å². The third kappa shape index (κ3) is 5.05. The van der Waals surface area contributed by atoms with Gasteiger partial charge in [-0.25, -0.2) is 0 Å². The summed E-state index contributed by atoms with van der Waals surface area (Å²) >= 11 is 0. The maximum absolute atomic E-state index is 9.61. The molecule has 1 N–H and O–H groups in total. The van der Waals surface area contributed by atoms with E-state index in [0.717, 1.165) is 28.0 Å². The predicted molar refractivity (Wildman–Crippen MR) is 111 cm³/mol. The summed E-state index contributed by atoms with van der Waals surface area (Å²) < 4.78 is 0. The van der Waals surface area contributed by atoms with Gasteiger partial charge in [-0.2, -0.15) is 0 Å². The molecule has 0 unspecified atom stereocenters. The Morgan fingerprint density at radius 3 is 1.93 bits per heavy atom. The predicted octanol–water partition coefficient (Wildman–Crippen LogP) is 5.85. The van der Waals surface area contributed by atoms with Crippen molar-refractivity contribution in [3.63, 3.8) is 0 Å². The maximum atomic E-state index is 9.61. The molecule has 3 aromatic carbocycles. The summed E-state index contributed by atoms with van der Waals surface area (Å²) in [6.45, 7) is 2.08. The van der Waals surface area contributed by atoms with E-state index in [4.69, 9.17) is 0 Å². The highest BCUT2D eigenvalue weighted by molar-refractivity contribution is 5.91. The van der Waals surface area contributed by atoms with Gasteiger partial charge in [0.1, 0.15) is 5.75 Å². The first-order valence-corrected chi connectivity index (χ1v) is 8.78. The van der Waals surface area contributed by atoms with Crippen molar-refractivity contribution in [1.82, 2.24) is 5.01 Å². The molecule has 136 valence electrons. The number of aryl methyl sites for hydroxylation is 1. The largest absolute Gasteiger partial charge is 0.508 e. The molecule has 27 heavy (non-hydrogen) atoms. The summed E-state index contributed by atoms with van der Waals surface area (Å²) in [6, 6.07) is 23.7.